The molecule has 0 spiro atoms. The molecule has 0 radical (unpaired) electrons. The van der Waals surface area contributed by atoms with Crippen LogP contribution in [0, 0.1) is 0 Å². The van der Waals surface area contributed by atoms with Gasteiger partial charge in [0.25, 0.3) is 5.91 Å². The fourth-order valence-corrected chi connectivity index (χ4v) is 2.17. The minimum atomic E-state index is -1.32. The monoisotopic (exact) mass is 294 g/mol. The van der Waals surface area contributed by atoms with Gasteiger partial charge in [-0.3, -0.25) is 4.79 Å². The molecule has 1 aromatic heterocycles. The minimum absolute atomic E-state index is 0.175. The summed E-state index contributed by atoms with van der Waals surface area (Å²) < 4.78 is 0. The number of benzene rings is 1. The number of carbonyl (C=O) groups is 2. The number of carboxylic acids is 1. The summed E-state index contributed by atoms with van der Waals surface area (Å²) in [6, 6.07) is 7.23. The lowest BCUT2D eigenvalue weighted by Gasteiger charge is -2.24. The zero-order valence-electron chi connectivity index (χ0n) is 11.2. The molecule has 1 atom stereocenters. The van der Waals surface area contributed by atoms with Crippen molar-refractivity contribution in [3.8, 4) is 0 Å². The fourth-order valence-electron chi connectivity index (χ4n) is 1.87. The molecule has 6 heteroatoms. The topological polar surface area (TPSA) is 82.2 Å². The van der Waals surface area contributed by atoms with E-state index in [1.807, 2.05) is 12.1 Å². The molecule has 1 amide bonds. The lowest BCUT2D eigenvalue weighted by Crippen LogP contribution is -2.51. The first kappa shape index (κ1) is 14.4. The normalized spacial score (nSPS) is 13.9. The van der Waals surface area contributed by atoms with Crippen LogP contribution in [-0.4, -0.2) is 27.5 Å². The van der Waals surface area contributed by atoms with Crippen molar-refractivity contribution in [1.82, 2.24) is 10.3 Å². The summed E-state index contributed by atoms with van der Waals surface area (Å²) in [5, 5.41) is 12.7. The highest BCUT2D eigenvalue weighted by molar-refractivity contribution is 6.38. The van der Waals surface area contributed by atoms with Gasteiger partial charge in [-0.1, -0.05) is 36.7 Å². The summed E-state index contributed by atoms with van der Waals surface area (Å²) in [4.78, 5) is 26.4. The van der Waals surface area contributed by atoms with Gasteiger partial charge >= 0.3 is 5.97 Å². The molecule has 0 fully saturated rings. The molecule has 0 aliphatic rings. The van der Waals surface area contributed by atoms with Crippen LogP contribution in [-0.2, 0) is 4.79 Å². The molecule has 0 aliphatic heterocycles. The maximum absolute atomic E-state index is 12.2. The van der Waals surface area contributed by atoms with Crippen LogP contribution in [0.25, 0.3) is 10.9 Å². The summed E-state index contributed by atoms with van der Waals surface area (Å²) in [5.41, 5.74) is -0.414. The van der Waals surface area contributed by atoms with Crippen molar-refractivity contribution in [3.63, 3.8) is 0 Å². The van der Waals surface area contributed by atoms with E-state index < -0.39 is 17.4 Å². The Balaban J connectivity index is 2.37. The highest BCUT2D eigenvalue weighted by atomic mass is 35.5. The second kappa shape index (κ2) is 5.17. The zero-order chi connectivity index (χ0) is 14.9. The Labute approximate surface area is 120 Å². The molecule has 0 saturated heterocycles. The number of halogens is 1. The van der Waals surface area contributed by atoms with Crippen LogP contribution in [0.3, 0.4) is 0 Å². The Morgan fingerprint density at radius 1 is 1.40 bits per heavy atom. The largest absolute Gasteiger partial charge is 0.480 e. The number of H-pyrrole nitrogens is 1. The van der Waals surface area contributed by atoms with E-state index in [0.717, 1.165) is 10.9 Å². The Hall–Kier alpha value is -2.01. The van der Waals surface area contributed by atoms with Crippen molar-refractivity contribution >= 4 is 34.4 Å². The van der Waals surface area contributed by atoms with E-state index in [0.29, 0.717) is 5.02 Å². The van der Waals surface area contributed by atoms with E-state index in [2.05, 4.69) is 10.3 Å². The fraction of sp³-hybridized carbons (Fsp3) is 0.286. The standard InChI is InChI=1S/C14H15ClN2O3/c1-3-14(2,13(19)20)17-12(18)11-10(15)8-6-4-5-7-9(8)16-11/h4-7,16H,3H2,1-2H3,(H,17,18)(H,19,20). The molecule has 3 N–H and O–H groups in total. The first-order valence-corrected chi connectivity index (χ1v) is 6.59. The third-order valence-electron chi connectivity index (χ3n) is 3.44. The van der Waals surface area contributed by atoms with Gasteiger partial charge in [0.15, 0.2) is 0 Å². The summed E-state index contributed by atoms with van der Waals surface area (Å²) in [5.74, 6) is -1.61. The van der Waals surface area contributed by atoms with Gasteiger partial charge in [0.1, 0.15) is 11.2 Å². The molecule has 20 heavy (non-hydrogen) atoms. The number of hydrogen-bond acceptors (Lipinski definition) is 2. The van der Waals surface area contributed by atoms with Crippen LogP contribution >= 0.6 is 11.6 Å². The van der Waals surface area contributed by atoms with Gasteiger partial charge in [-0.15, -0.1) is 0 Å². The van der Waals surface area contributed by atoms with E-state index in [1.165, 1.54) is 6.92 Å². The van der Waals surface area contributed by atoms with Gasteiger partial charge < -0.3 is 15.4 Å². The number of nitrogens with one attached hydrogen (secondary N) is 2. The Morgan fingerprint density at radius 2 is 2.05 bits per heavy atom. The van der Waals surface area contributed by atoms with Gasteiger partial charge in [-0.2, -0.15) is 0 Å². The van der Waals surface area contributed by atoms with Crippen molar-refractivity contribution in [2.75, 3.05) is 0 Å². The third-order valence-corrected chi connectivity index (χ3v) is 3.83. The predicted octanol–water partition coefficient (Wildman–Crippen LogP) is 2.80. The van der Waals surface area contributed by atoms with Crippen molar-refractivity contribution in [3.05, 3.63) is 35.0 Å². The molecule has 5 nitrogen and oxygen atoms in total. The highest BCUT2D eigenvalue weighted by Crippen LogP contribution is 2.27. The number of aliphatic carboxylic acids is 1. The Kier molecular flexibility index (Phi) is 3.72. The number of carboxylic acid groups (broad SMARTS) is 1. The van der Waals surface area contributed by atoms with Crippen molar-refractivity contribution < 1.29 is 14.7 Å². The second-order valence-corrected chi connectivity index (χ2v) is 5.18. The average molecular weight is 295 g/mol. The molecule has 106 valence electrons. The number of rotatable bonds is 4. The molecule has 2 rings (SSSR count). The van der Waals surface area contributed by atoms with Crippen LogP contribution in [0.2, 0.25) is 5.02 Å². The zero-order valence-corrected chi connectivity index (χ0v) is 11.9. The first-order valence-electron chi connectivity index (χ1n) is 6.21. The number of amides is 1. The Morgan fingerprint density at radius 3 is 2.60 bits per heavy atom. The van der Waals surface area contributed by atoms with Gasteiger partial charge in [-0.25, -0.2) is 4.79 Å². The molecule has 0 bridgehead atoms. The van der Waals surface area contributed by atoms with Crippen LogP contribution < -0.4 is 5.32 Å². The van der Waals surface area contributed by atoms with E-state index >= 15 is 0 Å². The molecular weight excluding hydrogens is 280 g/mol. The molecule has 2 aromatic rings. The maximum Gasteiger partial charge on any atom is 0.329 e. The van der Waals surface area contributed by atoms with Crippen LogP contribution in [0.5, 0.6) is 0 Å². The van der Waals surface area contributed by atoms with Gasteiger partial charge in [0.05, 0.1) is 5.02 Å². The van der Waals surface area contributed by atoms with E-state index in [9.17, 15) is 14.7 Å². The second-order valence-electron chi connectivity index (χ2n) is 4.80. The van der Waals surface area contributed by atoms with E-state index in [-0.39, 0.29) is 12.1 Å². The van der Waals surface area contributed by atoms with Crippen molar-refractivity contribution in [2.24, 2.45) is 0 Å². The SMILES string of the molecule is CCC(C)(NC(=O)c1[nH]c2ccccc2c1Cl)C(=O)O. The van der Waals surface area contributed by atoms with E-state index in [4.69, 9.17) is 11.6 Å². The Bertz CT molecular complexity index is 680. The molecule has 1 aromatic carbocycles. The van der Waals surface area contributed by atoms with Crippen molar-refractivity contribution in [1.29, 1.82) is 0 Å². The van der Waals surface area contributed by atoms with Crippen LogP contribution in [0.15, 0.2) is 24.3 Å². The molecule has 1 unspecified atom stereocenters. The molecule has 1 heterocycles. The maximum atomic E-state index is 12.2. The van der Waals surface area contributed by atoms with Crippen LogP contribution in [0.4, 0.5) is 0 Å². The first-order chi connectivity index (χ1) is 9.39. The molecule has 0 aliphatic carbocycles. The lowest BCUT2D eigenvalue weighted by atomic mass is 9.99. The molecular formula is C14H15ClN2O3. The quantitative estimate of drug-likeness (QED) is 0.811. The van der Waals surface area contributed by atoms with E-state index in [1.54, 1.807) is 19.1 Å². The number of fused-ring (bicyclic) bond motifs is 1. The van der Waals surface area contributed by atoms with Crippen molar-refractivity contribution in [2.45, 2.75) is 25.8 Å². The van der Waals surface area contributed by atoms with Gasteiger partial charge in [-0.05, 0) is 19.4 Å². The lowest BCUT2D eigenvalue weighted by molar-refractivity contribution is -0.143. The number of aromatic nitrogens is 1. The smallest absolute Gasteiger partial charge is 0.329 e. The molecule has 0 saturated carbocycles. The highest BCUT2D eigenvalue weighted by Gasteiger charge is 2.34. The van der Waals surface area contributed by atoms with Gasteiger partial charge in [0, 0.05) is 10.9 Å². The minimum Gasteiger partial charge on any atom is -0.480 e. The number of para-hydroxylation sites is 1. The summed E-state index contributed by atoms with van der Waals surface area (Å²) in [6.45, 7) is 3.16. The third kappa shape index (κ3) is 2.36. The predicted molar refractivity (Wildman–Crippen MR) is 77.1 cm³/mol. The summed E-state index contributed by atoms with van der Waals surface area (Å²) in [7, 11) is 0. The number of aromatic amines is 1. The number of hydrogen-bond donors (Lipinski definition) is 3. The van der Waals surface area contributed by atoms with Crippen LogP contribution in [0.1, 0.15) is 30.8 Å². The van der Waals surface area contributed by atoms with Gasteiger partial charge in [0.2, 0.25) is 0 Å². The summed E-state index contributed by atoms with van der Waals surface area (Å²) in [6.07, 6.45) is 0.270. The summed E-state index contributed by atoms with van der Waals surface area (Å²) >= 11 is 6.16. The average Bonchev–Trinajstić information content (AvgIpc) is 2.76. The number of carbonyl (C=O) groups excluding carboxylic acids is 1.